The fourth-order valence-corrected chi connectivity index (χ4v) is 2.59. The molecule has 0 saturated carbocycles. The molecule has 7 heteroatoms. The van der Waals surface area contributed by atoms with Crippen molar-refractivity contribution in [3.05, 3.63) is 58.4 Å². The van der Waals surface area contributed by atoms with E-state index in [-0.39, 0.29) is 18.2 Å². The SMILES string of the molecule is COc1ccc(C[NH+](C)CC(=O)Nc2cc(Cl)ccc2C#N)cc1F. The topological polar surface area (TPSA) is 66.6 Å². The Bertz CT molecular complexity index is 820. The van der Waals surface area contributed by atoms with Gasteiger partial charge in [-0.2, -0.15) is 5.26 Å². The van der Waals surface area contributed by atoms with Crippen molar-refractivity contribution in [1.82, 2.24) is 0 Å². The molecule has 0 aliphatic heterocycles. The zero-order chi connectivity index (χ0) is 18.4. The van der Waals surface area contributed by atoms with Crippen LogP contribution < -0.4 is 15.0 Å². The van der Waals surface area contributed by atoms with Crippen molar-refractivity contribution in [3.63, 3.8) is 0 Å². The van der Waals surface area contributed by atoms with Crippen LogP contribution in [0.15, 0.2) is 36.4 Å². The van der Waals surface area contributed by atoms with E-state index >= 15 is 0 Å². The van der Waals surface area contributed by atoms with Crippen LogP contribution in [-0.4, -0.2) is 26.6 Å². The number of hydrogen-bond donors (Lipinski definition) is 2. The first kappa shape index (κ1) is 18.7. The number of halogens is 2. The average Bonchev–Trinajstić information content (AvgIpc) is 2.55. The normalized spacial score (nSPS) is 11.5. The second kappa shape index (κ2) is 8.47. The molecule has 0 aromatic heterocycles. The molecular weight excluding hydrogens is 345 g/mol. The van der Waals surface area contributed by atoms with Gasteiger partial charge in [-0.25, -0.2) is 4.39 Å². The van der Waals surface area contributed by atoms with Gasteiger partial charge in [-0.15, -0.1) is 0 Å². The molecule has 0 aliphatic carbocycles. The largest absolute Gasteiger partial charge is 0.494 e. The van der Waals surface area contributed by atoms with Gasteiger partial charge in [-0.05, 0) is 36.4 Å². The van der Waals surface area contributed by atoms with E-state index in [0.717, 1.165) is 10.5 Å². The monoisotopic (exact) mass is 362 g/mol. The molecule has 0 radical (unpaired) electrons. The Morgan fingerprint density at radius 3 is 2.76 bits per heavy atom. The number of benzene rings is 2. The first-order chi connectivity index (χ1) is 11.9. The van der Waals surface area contributed by atoms with Crippen LogP contribution in [0.2, 0.25) is 5.02 Å². The van der Waals surface area contributed by atoms with Crippen molar-refractivity contribution in [1.29, 1.82) is 5.26 Å². The van der Waals surface area contributed by atoms with Gasteiger partial charge in [0.1, 0.15) is 12.6 Å². The molecule has 1 amide bonds. The molecule has 0 saturated heterocycles. The minimum atomic E-state index is -0.435. The number of likely N-dealkylation sites (N-methyl/N-ethyl adjacent to an activating group) is 1. The Balaban J connectivity index is 1.98. The number of methoxy groups -OCH3 is 1. The van der Waals surface area contributed by atoms with Gasteiger partial charge in [0, 0.05) is 10.6 Å². The quantitative estimate of drug-likeness (QED) is 0.826. The molecule has 0 aliphatic rings. The molecular formula is C18H18ClFN3O2+. The molecule has 0 spiro atoms. The number of nitrogens with one attached hydrogen (secondary N) is 2. The lowest BCUT2D eigenvalue weighted by molar-refractivity contribution is -0.885. The van der Waals surface area contributed by atoms with E-state index in [1.807, 2.05) is 13.1 Å². The number of carbonyl (C=O) groups is 1. The van der Waals surface area contributed by atoms with Crippen molar-refractivity contribution in [2.45, 2.75) is 6.54 Å². The Hall–Kier alpha value is -2.62. The van der Waals surface area contributed by atoms with Crippen molar-refractivity contribution in [2.24, 2.45) is 0 Å². The number of anilines is 1. The van der Waals surface area contributed by atoms with Crippen LogP contribution in [0.4, 0.5) is 10.1 Å². The fraction of sp³-hybridized carbons (Fsp3) is 0.222. The lowest BCUT2D eigenvalue weighted by Gasteiger charge is -2.15. The molecule has 1 unspecified atom stereocenters. The number of carbonyl (C=O) groups excluding carboxylic acids is 1. The highest BCUT2D eigenvalue weighted by Gasteiger charge is 2.14. The van der Waals surface area contributed by atoms with Crippen LogP contribution >= 0.6 is 11.6 Å². The van der Waals surface area contributed by atoms with Crippen LogP contribution in [0.1, 0.15) is 11.1 Å². The predicted octanol–water partition coefficient (Wildman–Crippen LogP) is 2.01. The summed E-state index contributed by atoms with van der Waals surface area (Å²) >= 11 is 5.90. The summed E-state index contributed by atoms with van der Waals surface area (Å²) in [6.45, 7) is 0.625. The zero-order valence-corrected chi connectivity index (χ0v) is 14.7. The minimum Gasteiger partial charge on any atom is -0.494 e. The maximum atomic E-state index is 13.7. The third-order valence-electron chi connectivity index (χ3n) is 3.56. The standard InChI is InChI=1S/C18H17ClFN3O2/c1-23(10-12-3-6-17(25-2)15(20)7-12)11-18(24)22-16-8-14(19)5-4-13(16)9-21/h3-8H,10-11H2,1-2H3,(H,22,24)/p+1. The molecule has 130 valence electrons. The predicted molar refractivity (Wildman–Crippen MR) is 93.2 cm³/mol. The summed E-state index contributed by atoms with van der Waals surface area (Å²) in [5.74, 6) is -0.510. The number of nitrogens with zero attached hydrogens (tertiary/aromatic N) is 1. The van der Waals surface area contributed by atoms with Crippen molar-refractivity contribution >= 4 is 23.2 Å². The second-order valence-electron chi connectivity index (χ2n) is 5.63. The number of ether oxygens (including phenoxy) is 1. The highest BCUT2D eigenvalue weighted by Crippen LogP contribution is 2.20. The number of quaternary nitrogens is 1. The molecule has 1 atom stereocenters. The van der Waals surface area contributed by atoms with Gasteiger partial charge in [0.25, 0.3) is 5.91 Å². The summed E-state index contributed by atoms with van der Waals surface area (Å²) in [4.78, 5) is 13.0. The Morgan fingerprint density at radius 1 is 1.36 bits per heavy atom. The number of amides is 1. The van der Waals surface area contributed by atoms with Gasteiger partial charge >= 0.3 is 0 Å². The third-order valence-corrected chi connectivity index (χ3v) is 3.80. The van der Waals surface area contributed by atoms with Crippen molar-refractivity contribution < 1.29 is 18.8 Å². The molecule has 2 rings (SSSR count). The lowest BCUT2D eigenvalue weighted by Crippen LogP contribution is -3.08. The highest BCUT2D eigenvalue weighted by atomic mass is 35.5. The lowest BCUT2D eigenvalue weighted by atomic mass is 10.2. The molecule has 2 aromatic rings. The molecule has 0 fully saturated rings. The second-order valence-corrected chi connectivity index (χ2v) is 6.07. The summed E-state index contributed by atoms with van der Waals surface area (Å²) in [6, 6.07) is 11.4. The van der Waals surface area contributed by atoms with Crippen molar-refractivity contribution in [3.8, 4) is 11.8 Å². The third kappa shape index (κ3) is 5.18. The summed E-state index contributed by atoms with van der Waals surface area (Å²) in [5, 5.41) is 12.2. The minimum absolute atomic E-state index is 0.158. The van der Waals surface area contributed by atoms with E-state index in [2.05, 4.69) is 5.32 Å². The summed E-state index contributed by atoms with van der Waals surface area (Å²) < 4.78 is 18.6. The van der Waals surface area contributed by atoms with Gasteiger partial charge in [0.15, 0.2) is 18.1 Å². The zero-order valence-electron chi connectivity index (χ0n) is 13.9. The van der Waals surface area contributed by atoms with Gasteiger partial charge in [-0.3, -0.25) is 4.79 Å². The van der Waals surface area contributed by atoms with Crippen LogP contribution in [0, 0.1) is 17.1 Å². The van der Waals surface area contributed by atoms with Gasteiger partial charge < -0.3 is 15.0 Å². The van der Waals surface area contributed by atoms with Crippen LogP contribution in [0.5, 0.6) is 5.75 Å². The number of nitriles is 1. The van der Waals surface area contributed by atoms with Gasteiger partial charge in [-0.1, -0.05) is 11.6 Å². The highest BCUT2D eigenvalue weighted by molar-refractivity contribution is 6.31. The van der Waals surface area contributed by atoms with E-state index in [4.69, 9.17) is 21.6 Å². The number of hydrogen-bond acceptors (Lipinski definition) is 3. The number of rotatable bonds is 6. The molecule has 5 nitrogen and oxygen atoms in total. The maximum absolute atomic E-state index is 13.7. The van der Waals surface area contributed by atoms with Crippen LogP contribution in [0.25, 0.3) is 0 Å². The Kier molecular flexibility index (Phi) is 6.34. The summed E-state index contributed by atoms with van der Waals surface area (Å²) in [6.07, 6.45) is 0. The van der Waals surface area contributed by atoms with Gasteiger partial charge in [0.2, 0.25) is 0 Å². The molecule has 2 aromatic carbocycles. The molecule has 25 heavy (non-hydrogen) atoms. The van der Waals surface area contributed by atoms with Crippen LogP contribution in [-0.2, 0) is 11.3 Å². The fourth-order valence-electron chi connectivity index (χ4n) is 2.42. The Labute approximate surface area is 150 Å². The van der Waals surface area contributed by atoms with E-state index in [9.17, 15) is 9.18 Å². The van der Waals surface area contributed by atoms with E-state index in [1.165, 1.54) is 19.2 Å². The Morgan fingerprint density at radius 2 is 2.12 bits per heavy atom. The first-order valence-electron chi connectivity index (χ1n) is 7.56. The van der Waals surface area contributed by atoms with E-state index < -0.39 is 5.82 Å². The molecule has 0 bridgehead atoms. The summed E-state index contributed by atoms with van der Waals surface area (Å²) in [7, 11) is 3.23. The first-order valence-corrected chi connectivity index (χ1v) is 7.94. The smallest absolute Gasteiger partial charge is 0.279 e. The average molecular weight is 363 g/mol. The van der Waals surface area contributed by atoms with Crippen LogP contribution in [0.3, 0.4) is 0 Å². The molecule has 2 N–H and O–H groups in total. The molecule has 0 heterocycles. The van der Waals surface area contributed by atoms with Gasteiger partial charge in [0.05, 0.1) is 25.4 Å². The van der Waals surface area contributed by atoms with E-state index in [0.29, 0.717) is 22.8 Å². The van der Waals surface area contributed by atoms with E-state index in [1.54, 1.807) is 24.3 Å². The maximum Gasteiger partial charge on any atom is 0.279 e. The summed E-state index contributed by atoms with van der Waals surface area (Å²) in [5.41, 5.74) is 1.47. The van der Waals surface area contributed by atoms with Crippen molar-refractivity contribution in [2.75, 3.05) is 26.0 Å².